The lowest BCUT2D eigenvalue weighted by molar-refractivity contribution is -0.132. The van der Waals surface area contributed by atoms with Gasteiger partial charge in [0.05, 0.1) is 6.26 Å². The minimum absolute atomic E-state index is 0.0801. The van der Waals surface area contributed by atoms with Gasteiger partial charge >= 0.3 is 6.03 Å². The summed E-state index contributed by atoms with van der Waals surface area (Å²) in [5, 5.41) is 6.41. The fourth-order valence-electron chi connectivity index (χ4n) is 2.74. The third-order valence-electron chi connectivity index (χ3n) is 4.15. The number of nitrogens with zero attached hydrogens (tertiary/aromatic N) is 3. The van der Waals surface area contributed by atoms with Crippen LogP contribution in [0.15, 0.2) is 51.6 Å². The number of hydrogen-bond acceptors (Lipinski definition) is 6. The number of furan rings is 1. The van der Waals surface area contributed by atoms with Crippen molar-refractivity contribution in [2.45, 2.75) is 19.0 Å². The molecule has 1 aromatic carbocycles. The smallest absolute Gasteiger partial charge is 0.325 e. The second-order valence-electron chi connectivity index (χ2n) is 5.94. The van der Waals surface area contributed by atoms with E-state index in [9.17, 15) is 14.0 Å². The van der Waals surface area contributed by atoms with Crippen molar-refractivity contribution in [1.29, 1.82) is 0 Å². The van der Waals surface area contributed by atoms with E-state index in [0.29, 0.717) is 11.3 Å². The monoisotopic (exact) mass is 356 g/mol. The Balaban J connectivity index is 1.55. The second kappa shape index (κ2) is 5.80. The maximum atomic E-state index is 13.0. The summed E-state index contributed by atoms with van der Waals surface area (Å²) in [5.74, 6) is -0.221. The first-order valence-corrected chi connectivity index (χ1v) is 7.74. The fraction of sp³-hybridized carbons (Fsp3) is 0.176. The maximum Gasteiger partial charge on any atom is 0.325 e. The highest BCUT2D eigenvalue weighted by atomic mass is 19.1. The molecule has 0 aliphatic carbocycles. The van der Waals surface area contributed by atoms with Crippen molar-refractivity contribution in [2.24, 2.45) is 0 Å². The molecule has 1 atom stereocenters. The zero-order valence-corrected chi connectivity index (χ0v) is 13.6. The van der Waals surface area contributed by atoms with Gasteiger partial charge in [0.25, 0.3) is 5.91 Å². The first kappa shape index (κ1) is 16.0. The molecule has 0 bridgehead atoms. The van der Waals surface area contributed by atoms with Crippen LogP contribution in [-0.2, 0) is 16.9 Å². The summed E-state index contributed by atoms with van der Waals surface area (Å²) in [5.41, 5.74) is -0.737. The highest BCUT2D eigenvalue weighted by molar-refractivity contribution is 6.06. The molecule has 3 heterocycles. The van der Waals surface area contributed by atoms with Crippen molar-refractivity contribution in [1.82, 2.24) is 20.4 Å². The van der Waals surface area contributed by atoms with Crippen LogP contribution < -0.4 is 5.32 Å². The van der Waals surface area contributed by atoms with Crippen LogP contribution in [0.5, 0.6) is 0 Å². The van der Waals surface area contributed by atoms with Gasteiger partial charge in [-0.2, -0.15) is 4.98 Å². The lowest BCUT2D eigenvalue weighted by atomic mass is 9.99. The van der Waals surface area contributed by atoms with Crippen LogP contribution in [0.3, 0.4) is 0 Å². The SMILES string of the molecule is CC1(c2ccco2)NC(=O)N(Cc2nc(-c3ccc(F)cc3)no2)C1=O. The Kier molecular flexibility index (Phi) is 3.57. The van der Waals surface area contributed by atoms with E-state index < -0.39 is 17.5 Å². The highest BCUT2D eigenvalue weighted by Gasteiger charge is 2.51. The molecule has 1 aliphatic rings. The number of benzene rings is 1. The molecule has 132 valence electrons. The summed E-state index contributed by atoms with van der Waals surface area (Å²) >= 11 is 0. The summed E-state index contributed by atoms with van der Waals surface area (Å²) in [6, 6.07) is 8.22. The quantitative estimate of drug-likeness (QED) is 0.721. The van der Waals surface area contributed by atoms with Gasteiger partial charge in [-0.05, 0) is 43.3 Å². The van der Waals surface area contributed by atoms with Crippen molar-refractivity contribution in [2.75, 3.05) is 0 Å². The number of halogens is 1. The molecule has 1 N–H and O–H groups in total. The fourth-order valence-corrected chi connectivity index (χ4v) is 2.74. The van der Waals surface area contributed by atoms with E-state index >= 15 is 0 Å². The average Bonchev–Trinajstić information content (AvgIpc) is 3.34. The summed E-state index contributed by atoms with van der Waals surface area (Å²) in [7, 11) is 0. The molecule has 4 rings (SSSR count). The van der Waals surface area contributed by atoms with E-state index in [1.165, 1.54) is 30.5 Å². The van der Waals surface area contributed by atoms with Gasteiger partial charge in [-0.15, -0.1) is 0 Å². The Labute approximate surface area is 146 Å². The summed E-state index contributed by atoms with van der Waals surface area (Å²) in [6.07, 6.45) is 1.43. The topological polar surface area (TPSA) is 101 Å². The summed E-state index contributed by atoms with van der Waals surface area (Å²) in [4.78, 5) is 30.1. The van der Waals surface area contributed by atoms with Crippen molar-refractivity contribution in [3.63, 3.8) is 0 Å². The van der Waals surface area contributed by atoms with Crippen LogP contribution in [-0.4, -0.2) is 27.0 Å². The number of nitrogens with one attached hydrogen (secondary N) is 1. The van der Waals surface area contributed by atoms with Crippen molar-refractivity contribution in [3.8, 4) is 11.4 Å². The second-order valence-corrected chi connectivity index (χ2v) is 5.94. The number of rotatable bonds is 4. The van der Waals surface area contributed by atoms with Gasteiger partial charge in [-0.25, -0.2) is 9.18 Å². The van der Waals surface area contributed by atoms with Crippen LogP contribution in [0.1, 0.15) is 18.6 Å². The highest BCUT2D eigenvalue weighted by Crippen LogP contribution is 2.30. The average molecular weight is 356 g/mol. The van der Waals surface area contributed by atoms with E-state index in [4.69, 9.17) is 8.94 Å². The Morgan fingerprint density at radius 2 is 2.00 bits per heavy atom. The predicted molar refractivity (Wildman–Crippen MR) is 84.8 cm³/mol. The molecule has 3 amide bonds. The van der Waals surface area contributed by atoms with Crippen molar-refractivity contribution in [3.05, 3.63) is 60.1 Å². The van der Waals surface area contributed by atoms with E-state index in [0.717, 1.165) is 4.90 Å². The van der Waals surface area contributed by atoms with Gasteiger partial charge in [0.15, 0.2) is 5.54 Å². The minimum Gasteiger partial charge on any atom is -0.466 e. The first-order valence-electron chi connectivity index (χ1n) is 7.74. The van der Waals surface area contributed by atoms with Crippen LogP contribution in [0, 0.1) is 5.82 Å². The van der Waals surface area contributed by atoms with Crippen LogP contribution in [0.4, 0.5) is 9.18 Å². The zero-order valence-electron chi connectivity index (χ0n) is 13.6. The number of carbonyl (C=O) groups is 2. The van der Waals surface area contributed by atoms with Gasteiger partial charge in [0.2, 0.25) is 11.7 Å². The van der Waals surface area contributed by atoms with Gasteiger partial charge < -0.3 is 14.3 Å². The largest absolute Gasteiger partial charge is 0.466 e. The van der Waals surface area contributed by atoms with Crippen LogP contribution in [0.2, 0.25) is 0 Å². The molecule has 1 fully saturated rings. The molecular formula is C17H13FN4O4. The molecule has 2 aromatic heterocycles. The molecule has 9 heteroatoms. The number of urea groups is 1. The lowest BCUT2D eigenvalue weighted by Gasteiger charge is -2.18. The summed E-state index contributed by atoms with van der Waals surface area (Å²) < 4.78 is 23.4. The molecule has 0 spiro atoms. The Hall–Kier alpha value is -3.49. The molecule has 3 aromatic rings. The zero-order chi connectivity index (χ0) is 18.3. The van der Waals surface area contributed by atoms with Crippen molar-refractivity contribution < 1.29 is 22.9 Å². The standard InChI is InChI=1S/C17H13FN4O4/c1-17(12-3-2-8-25-12)15(23)22(16(24)20-17)9-13-19-14(21-26-13)10-4-6-11(18)7-5-10/h2-8H,9H2,1H3,(H,20,24). The number of carbonyl (C=O) groups excluding carboxylic acids is 2. The Morgan fingerprint density at radius 1 is 1.23 bits per heavy atom. The van der Waals surface area contributed by atoms with Gasteiger partial charge in [-0.3, -0.25) is 9.69 Å². The third-order valence-corrected chi connectivity index (χ3v) is 4.15. The number of imide groups is 1. The van der Waals surface area contributed by atoms with Gasteiger partial charge in [0.1, 0.15) is 18.1 Å². The van der Waals surface area contributed by atoms with E-state index in [2.05, 4.69) is 15.5 Å². The van der Waals surface area contributed by atoms with Gasteiger partial charge in [0, 0.05) is 5.56 Å². The van der Waals surface area contributed by atoms with E-state index in [1.54, 1.807) is 19.1 Å². The molecule has 8 nitrogen and oxygen atoms in total. The number of amides is 3. The number of aromatic nitrogens is 2. The normalized spacial score (nSPS) is 19.8. The molecular weight excluding hydrogens is 343 g/mol. The van der Waals surface area contributed by atoms with Crippen LogP contribution in [0.25, 0.3) is 11.4 Å². The molecule has 0 saturated carbocycles. The first-order chi connectivity index (χ1) is 12.5. The Morgan fingerprint density at radius 3 is 2.69 bits per heavy atom. The van der Waals surface area contributed by atoms with E-state index in [-0.39, 0.29) is 24.1 Å². The maximum absolute atomic E-state index is 13.0. The molecule has 0 radical (unpaired) electrons. The summed E-state index contributed by atoms with van der Waals surface area (Å²) in [6.45, 7) is 1.37. The molecule has 1 unspecified atom stereocenters. The molecule has 1 aliphatic heterocycles. The third kappa shape index (κ3) is 2.53. The van der Waals surface area contributed by atoms with Gasteiger partial charge in [-0.1, -0.05) is 5.16 Å². The predicted octanol–water partition coefficient (Wildman–Crippen LogP) is 2.44. The van der Waals surface area contributed by atoms with Crippen LogP contribution >= 0.6 is 0 Å². The van der Waals surface area contributed by atoms with Crippen molar-refractivity contribution >= 4 is 11.9 Å². The molecule has 1 saturated heterocycles. The van der Waals surface area contributed by atoms with E-state index in [1.807, 2.05) is 0 Å². The molecule has 26 heavy (non-hydrogen) atoms. The minimum atomic E-state index is -1.29. The lowest BCUT2D eigenvalue weighted by Crippen LogP contribution is -2.40. The number of hydrogen-bond donors (Lipinski definition) is 1. The Bertz CT molecular complexity index is 967.